The first-order chi connectivity index (χ1) is 10.7. The van der Waals surface area contributed by atoms with Crippen molar-refractivity contribution in [2.45, 2.75) is 12.2 Å². The highest BCUT2D eigenvalue weighted by Gasteiger charge is 2.24. The molecule has 1 heterocycles. The smallest absolute Gasteiger partial charge is 0.203 e. The molecule has 2 aromatic carbocycles. The van der Waals surface area contributed by atoms with Crippen LogP contribution in [0.4, 0.5) is 0 Å². The predicted molar refractivity (Wildman–Crippen MR) is 85.0 cm³/mol. The van der Waals surface area contributed by atoms with E-state index in [4.69, 9.17) is 13.7 Å². The number of benzene rings is 2. The molecular weight excluding hydrogens is 300 g/mol. The van der Waals surface area contributed by atoms with Crippen LogP contribution >= 0.6 is 0 Å². The van der Waals surface area contributed by atoms with Gasteiger partial charge in [-0.15, -0.1) is 0 Å². The summed E-state index contributed by atoms with van der Waals surface area (Å²) in [6, 6.07) is 17.5. The van der Waals surface area contributed by atoms with Gasteiger partial charge >= 0.3 is 0 Å². The van der Waals surface area contributed by atoms with E-state index in [1.807, 2.05) is 30.3 Å². The van der Waals surface area contributed by atoms with E-state index in [0.29, 0.717) is 19.0 Å². The maximum atomic E-state index is 11.0. The normalized spacial score (nSPS) is 23.0. The van der Waals surface area contributed by atoms with Gasteiger partial charge < -0.3 is 13.7 Å². The van der Waals surface area contributed by atoms with Crippen LogP contribution in [0.15, 0.2) is 54.6 Å². The van der Waals surface area contributed by atoms with Crippen molar-refractivity contribution in [2.75, 3.05) is 19.5 Å². The van der Waals surface area contributed by atoms with Crippen molar-refractivity contribution in [1.82, 2.24) is 0 Å². The van der Waals surface area contributed by atoms with Gasteiger partial charge in [0, 0.05) is 17.7 Å². The van der Waals surface area contributed by atoms with Crippen LogP contribution in [0.25, 0.3) is 0 Å². The fourth-order valence-corrected chi connectivity index (χ4v) is 2.81. The standard InChI is InChI=1S/C17H18O4S/c1-22(18)21-16-9-7-14(8-10-16)17-19-11-15(12-20-17)13-5-3-2-4-6-13/h2-10,15,17H,11-12H2,1H3. The van der Waals surface area contributed by atoms with Crippen molar-refractivity contribution in [1.29, 1.82) is 0 Å². The molecule has 3 rings (SSSR count). The van der Waals surface area contributed by atoms with E-state index in [9.17, 15) is 4.21 Å². The first-order valence-corrected chi connectivity index (χ1v) is 8.60. The Morgan fingerprint density at radius 2 is 1.59 bits per heavy atom. The molecule has 0 spiro atoms. The maximum absolute atomic E-state index is 11.0. The molecule has 1 atom stereocenters. The van der Waals surface area contributed by atoms with E-state index in [1.54, 1.807) is 12.1 Å². The van der Waals surface area contributed by atoms with Crippen LogP contribution in [0.5, 0.6) is 5.75 Å². The van der Waals surface area contributed by atoms with Crippen LogP contribution in [0.3, 0.4) is 0 Å². The van der Waals surface area contributed by atoms with Crippen molar-refractivity contribution in [2.24, 2.45) is 0 Å². The molecule has 0 aromatic heterocycles. The van der Waals surface area contributed by atoms with Crippen LogP contribution in [0.1, 0.15) is 23.3 Å². The van der Waals surface area contributed by atoms with Crippen LogP contribution < -0.4 is 4.18 Å². The van der Waals surface area contributed by atoms with Gasteiger partial charge in [-0.25, -0.2) is 4.21 Å². The maximum Gasteiger partial charge on any atom is 0.203 e. The minimum atomic E-state index is -1.32. The molecule has 0 radical (unpaired) electrons. The number of rotatable bonds is 4. The summed E-state index contributed by atoms with van der Waals surface area (Å²) in [6.45, 7) is 1.26. The van der Waals surface area contributed by atoms with Gasteiger partial charge in [-0.1, -0.05) is 42.5 Å². The largest absolute Gasteiger partial charge is 0.401 e. The molecule has 4 nitrogen and oxygen atoms in total. The Bertz CT molecular complexity index is 619. The van der Waals surface area contributed by atoms with Gasteiger partial charge in [0.15, 0.2) is 6.29 Å². The van der Waals surface area contributed by atoms with E-state index >= 15 is 0 Å². The minimum Gasteiger partial charge on any atom is -0.401 e. The SMILES string of the molecule is CS(=O)Oc1ccc(C2OCC(c3ccccc3)CO2)cc1. The number of hydrogen-bond donors (Lipinski definition) is 0. The molecular formula is C17H18O4S. The molecule has 1 unspecified atom stereocenters. The fourth-order valence-electron chi connectivity index (χ4n) is 2.43. The number of ether oxygens (including phenoxy) is 2. The Kier molecular flexibility index (Phi) is 4.87. The van der Waals surface area contributed by atoms with Crippen molar-refractivity contribution >= 4 is 11.1 Å². The van der Waals surface area contributed by atoms with E-state index in [0.717, 1.165) is 5.56 Å². The fraction of sp³-hybridized carbons (Fsp3) is 0.294. The Morgan fingerprint density at radius 1 is 0.955 bits per heavy atom. The monoisotopic (exact) mass is 318 g/mol. The average molecular weight is 318 g/mol. The summed E-state index contributed by atoms with van der Waals surface area (Å²) in [5.41, 5.74) is 2.16. The second-order valence-electron chi connectivity index (χ2n) is 5.16. The molecule has 0 bridgehead atoms. The second-order valence-corrected chi connectivity index (χ2v) is 6.13. The molecule has 1 aliphatic heterocycles. The topological polar surface area (TPSA) is 44.8 Å². The zero-order valence-electron chi connectivity index (χ0n) is 12.3. The van der Waals surface area contributed by atoms with Gasteiger partial charge in [0.1, 0.15) is 5.75 Å². The molecule has 1 fully saturated rings. The van der Waals surface area contributed by atoms with E-state index < -0.39 is 11.1 Å². The summed E-state index contributed by atoms with van der Waals surface area (Å²) < 4.78 is 27.8. The lowest BCUT2D eigenvalue weighted by Gasteiger charge is -2.30. The van der Waals surface area contributed by atoms with Crippen molar-refractivity contribution in [3.05, 3.63) is 65.7 Å². The highest BCUT2D eigenvalue weighted by molar-refractivity contribution is 7.79. The molecule has 1 saturated heterocycles. The van der Waals surface area contributed by atoms with Gasteiger partial charge in [-0.2, -0.15) is 0 Å². The van der Waals surface area contributed by atoms with Crippen LogP contribution in [0, 0.1) is 0 Å². The molecule has 116 valence electrons. The van der Waals surface area contributed by atoms with Crippen molar-refractivity contribution in [3.63, 3.8) is 0 Å². The summed E-state index contributed by atoms with van der Waals surface area (Å²) in [5, 5.41) is 0. The van der Waals surface area contributed by atoms with E-state index in [2.05, 4.69) is 12.1 Å². The second kappa shape index (κ2) is 7.05. The zero-order chi connectivity index (χ0) is 15.4. The van der Waals surface area contributed by atoms with Crippen molar-refractivity contribution < 1.29 is 17.9 Å². The third-order valence-corrected chi connectivity index (χ3v) is 3.96. The Morgan fingerprint density at radius 3 is 2.18 bits per heavy atom. The average Bonchev–Trinajstić information content (AvgIpc) is 2.56. The molecule has 0 aliphatic carbocycles. The third-order valence-electron chi connectivity index (χ3n) is 3.53. The highest BCUT2D eigenvalue weighted by Crippen LogP contribution is 2.30. The van der Waals surface area contributed by atoms with Gasteiger partial charge in [-0.05, 0) is 17.7 Å². The lowest BCUT2D eigenvalue weighted by Crippen LogP contribution is -2.25. The van der Waals surface area contributed by atoms with Gasteiger partial charge in [0.2, 0.25) is 11.1 Å². The summed E-state index contributed by atoms with van der Waals surface area (Å²) in [5.74, 6) is 0.838. The molecule has 0 N–H and O–H groups in total. The Labute approximate surface area is 132 Å². The zero-order valence-corrected chi connectivity index (χ0v) is 13.1. The first-order valence-electron chi connectivity index (χ1n) is 7.12. The summed E-state index contributed by atoms with van der Waals surface area (Å²) in [4.78, 5) is 0. The van der Waals surface area contributed by atoms with Crippen LogP contribution in [-0.2, 0) is 20.6 Å². The summed E-state index contributed by atoms with van der Waals surface area (Å²) in [7, 11) is 0. The summed E-state index contributed by atoms with van der Waals surface area (Å²) in [6.07, 6.45) is 1.13. The first kappa shape index (κ1) is 15.2. The number of hydrogen-bond acceptors (Lipinski definition) is 4. The van der Waals surface area contributed by atoms with Crippen LogP contribution in [0.2, 0.25) is 0 Å². The van der Waals surface area contributed by atoms with E-state index in [1.165, 1.54) is 11.8 Å². The Hall–Kier alpha value is -1.69. The molecule has 0 amide bonds. The predicted octanol–water partition coefficient (Wildman–Crippen LogP) is 3.19. The highest BCUT2D eigenvalue weighted by atomic mass is 32.2. The van der Waals surface area contributed by atoms with Gasteiger partial charge in [0.05, 0.1) is 13.2 Å². The third kappa shape index (κ3) is 3.74. The van der Waals surface area contributed by atoms with E-state index in [-0.39, 0.29) is 12.2 Å². The Balaban J connectivity index is 1.60. The van der Waals surface area contributed by atoms with Gasteiger partial charge in [-0.3, -0.25) is 0 Å². The summed E-state index contributed by atoms with van der Waals surface area (Å²) >= 11 is -1.32. The minimum absolute atomic E-state index is 0.266. The molecule has 0 saturated carbocycles. The molecule has 2 aromatic rings. The molecule has 5 heteroatoms. The van der Waals surface area contributed by atoms with Crippen molar-refractivity contribution in [3.8, 4) is 5.75 Å². The lowest BCUT2D eigenvalue weighted by atomic mass is 10.0. The molecule has 22 heavy (non-hydrogen) atoms. The van der Waals surface area contributed by atoms with Gasteiger partial charge in [0.25, 0.3) is 0 Å². The quantitative estimate of drug-likeness (QED) is 0.868. The van der Waals surface area contributed by atoms with Crippen LogP contribution in [-0.4, -0.2) is 23.7 Å². The lowest BCUT2D eigenvalue weighted by molar-refractivity contribution is -0.191. The molecule has 1 aliphatic rings.